The molecule has 20 heavy (non-hydrogen) atoms. The molecule has 1 N–H and O–H groups in total. The number of nitrogens with zero attached hydrogens (tertiary/aromatic N) is 2. The van der Waals surface area contributed by atoms with Gasteiger partial charge in [0.05, 0.1) is 12.0 Å². The van der Waals surface area contributed by atoms with Crippen molar-refractivity contribution < 1.29 is 13.9 Å². The van der Waals surface area contributed by atoms with E-state index in [1.807, 2.05) is 19.1 Å². The van der Waals surface area contributed by atoms with E-state index < -0.39 is 0 Å². The number of nitrogens with one attached hydrogen (secondary N) is 1. The summed E-state index contributed by atoms with van der Waals surface area (Å²) in [6.07, 6.45) is 2.37. The number of carbonyl (C=O) groups is 1. The number of furan rings is 1. The van der Waals surface area contributed by atoms with E-state index in [1.54, 1.807) is 24.1 Å². The van der Waals surface area contributed by atoms with Crippen molar-refractivity contribution in [1.82, 2.24) is 15.1 Å². The normalized spacial score (nSPS) is 10.7. The molecule has 6 nitrogen and oxygen atoms in total. The summed E-state index contributed by atoms with van der Waals surface area (Å²) in [4.78, 5) is 11.9. The Morgan fingerprint density at radius 2 is 2.40 bits per heavy atom. The maximum atomic E-state index is 11.9. The van der Waals surface area contributed by atoms with Gasteiger partial charge in [-0.3, -0.25) is 9.48 Å². The van der Waals surface area contributed by atoms with Crippen molar-refractivity contribution in [2.45, 2.75) is 20.0 Å². The third kappa shape index (κ3) is 3.96. The molecule has 0 saturated carbocycles. The molecular formula is C14H19N3O3. The second-order valence-electron chi connectivity index (χ2n) is 4.54. The number of rotatable bonds is 7. The molecule has 1 amide bonds. The molecule has 2 aromatic rings. The van der Waals surface area contributed by atoms with Crippen LogP contribution in [0.2, 0.25) is 0 Å². The van der Waals surface area contributed by atoms with Crippen LogP contribution in [0.4, 0.5) is 0 Å². The summed E-state index contributed by atoms with van der Waals surface area (Å²) < 4.78 is 12.2. The predicted octanol–water partition coefficient (Wildman–Crippen LogP) is 1.66. The van der Waals surface area contributed by atoms with Crippen LogP contribution in [0.5, 0.6) is 0 Å². The summed E-state index contributed by atoms with van der Waals surface area (Å²) >= 11 is 0. The first kappa shape index (κ1) is 14.3. The molecule has 0 unspecified atom stereocenters. The summed E-state index contributed by atoms with van der Waals surface area (Å²) in [7, 11) is 1.76. The van der Waals surface area contributed by atoms with Crippen LogP contribution < -0.4 is 5.32 Å². The number of aromatic nitrogens is 2. The molecule has 2 aromatic heterocycles. The number of aryl methyl sites for hydroxylation is 2. The molecule has 0 saturated heterocycles. The van der Waals surface area contributed by atoms with Gasteiger partial charge in [-0.1, -0.05) is 0 Å². The molecule has 0 fully saturated rings. The van der Waals surface area contributed by atoms with Crippen LogP contribution >= 0.6 is 0 Å². The topological polar surface area (TPSA) is 69.3 Å². The Hall–Kier alpha value is -2.08. The predicted molar refractivity (Wildman–Crippen MR) is 73.3 cm³/mol. The van der Waals surface area contributed by atoms with Crippen molar-refractivity contribution >= 4 is 5.91 Å². The van der Waals surface area contributed by atoms with Gasteiger partial charge in [0.2, 0.25) is 0 Å². The minimum atomic E-state index is -0.112. The highest BCUT2D eigenvalue weighted by molar-refractivity contribution is 5.92. The van der Waals surface area contributed by atoms with Crippen molar-refractivity contribution in [2.24, 2.45) is 7.05 Å². The van der Waals surface area contributed by atoms with E-state index in [1.165, 1.54) is 0 Å². The zero-order chi connectivity index (χ0) is 14.4. The Balaban J connectivity index is 1.61. The molecule has 0 aliphatic rings. The Morgan fingerprint density at radius 1 is 1.55 bits per heavy atom. The third-order valence-corrected chi connectivity index (χ3v) is 2.81. The van der Waals surface area contributed by atoms with Gasteiger partial charge < -0.3 is 14.5 Å². The Bertz CT molecular complexity index is 546. The molecule has 0 spiro atoms. The first-order valence-electron chi connectivity index (χ1n) is 6.56. The van der Waals surface area contributed by atoms with Crippen LogP contribution in [0.15, 0.2) is 28.9 Å². The Labute approximate surface area is 117 Å². The highest BCUT2D eigenvalue weighted by Crippen LogP contribution is 2.02. The molecule has 2 rings (SSSR count). The number of carbonyl (C=O) groups excluding carboxylic acids is 1. The average molecular weight is 277 g/mol. The van der Waals surface area contributed by atoms with E-state index in [0.717, 1.165) is 17.9 Å². The molecule has 0 aliphatic heterocycles. The van der Waals surface area contributed by atoms with Crippen LogP contribution in [0.1, 0.15) is 28.4 Å². The largest absolute Gasteiger partial charge is 0.467 e. The summed E-state index contributed by atoms with van der Waals surface area (Å²) in [5.74, 6) is 0.693. The van der Waals surface area contributed by atoms with Gasteiger partial charge in [0.1, 0.15) is 18.1 Å². The van der Waals surface area contributed by atoms with Gasteiger partial charge in [0.15, 0.2) is 0 Å². The van der Waals surface area contributed by atoms with Crippen molar-refractivity contribution in [2.75, 3.05) is 13.2 Å². The summed E-state index contributed by atoms with van der Waals surface area (Å²) in [5, 5.41) is 6.98. The second-order valence-corrected chi connectivity index (χ2v) is 4.54. The zero-order valence-electron chi connectivity index (χ0n) is 11.8. The van der Waals surface area contributed by atoms with Gasteiger partial charge in [-0.25, -0.2) is 0 Å². The van der Waals surface area contributed by atoms with Crippen LogP contribution in [0.25, 0.3) is 0 Å². The Morgan fingerprint density at radius 3 is 3.05 bits per heavy atom. The van der Waals surface area contributed by atoms with Crippen molar-refractivity contribution in [3.63, 3.8) is 0 Å². The van der Waals surface area contributed by atoms with Gasteiger partial charge in [-0.05, 0) is 31.5 Å². The molecule has 0 bridgehead atoms. The molecule has 0 atom stereocenters. The fourth-order valence-corrected chi connectivity index (χ4v) is 1.86. The summed E-state index contributed by atoms with van der Waals surface area (Å²) in [5.41, 5.74) is 1.40. The maximum Gasteiger partial charge on any atom is 0.269 e. The first-order chi connectivity index (χ1) is 9.66. The van der Waals surface area contributed by atoms with E-state index in [0.29, 0.717) is 25.5 Å². The quantitative estimate of drug-likeness (QED) is 0.781. The summed E-state index contributed by atoms with van der Waals surface area (Å²) in [6.45, 7) is 3.47. The number of hydrogen-bond acceptors (Lipinski definition) is 4. The Kier molecular flexibility index (Phi) is 4.95. The van der Waals surface area contributed by atoms with Crippen LogP contribution in [0, 0.1) is 6.92 Å². The molecule has 2 heterocycles. The molecular weight excluding hydrogens is 258 g/mol. The lowest BCUT2D eigenvalue weighted by atomic mass is 10.3. The van der Waals surface area contributed by atoms with Crippen LogP contribution in [0.3, 0.4) is 0 Å². The minimum Gasteiger partial charge on any atom is -0.467 e. The fraction of sp³-hybridized carbons (Fsp3) is 0.429. The first-order valence-corrected chi connectivity index (χ1v) is 6.56. The molecule has 0 aromatic carbocycles. The number of hydrogen-bond donors (Lipinski definition) is 1. The minimum absolute atomic E-state index is 0.112. The molecule has 6 heteroatoms. The fourth-order valence-electron chi connectivity index (χ4n) is 1.86. The van der Waals surface area contributed by atoms with Crippen LogP contribution in [-0.2, 0) is 18.4 Å². The summed E-state index contributed by atoms with van der Waals surface area (Å²) in [6, 6.07) is 5.46. The highest BCUT2D eigenvalue weighted by atomic mass is 16.5. The number of amides is 1. The zero-order valence-corrected chi connectivity index (χ0v) is 11.8. The van der Waals surface area contributed by atoms with Crippen LogP contribution in [-0.4, -0.2) is 28.8 Å². The standard InChI is InChI=1S/C14H19N3O3/c1-11-9-13(17(2)16-11)14(18)15-6-4-7-19-10-12-5-3-8-20-12/h3,5,8-9H,4,6-7,10H2,1-2H3,(H,15,18). The van der Waals surface area contributed by atoms with E-state index in [-0.39, 0.29) is 5.91 Å². The third-order valence-electron chi connectivity index (χ3n) is 2.81. The second kappa shape index (κ2) is 6.91. The van der Waals surface area contributed by atoms with Gasteiger partial charge in [-0.15, -0.1) is 0 Å². The van der Waals surface area contributed by atoms with Crippen molar-refractivity contribution in [1.29, 1.82) is 0 Å². The van der Waals surface area contributed by atoms with Crippen molar-refractivity contribution in [3.8, 4) is 0 Å². The van der Waals surface area contributed by atoms with E-state index in [9.17, 15) is 4.79 Å². The smallest absolute Gasteiger partial charge is 0.269 e. The SMILES string of the molecule is Cc1cc(C(=O)NCCCOCc2ccco2)n(C)n1. The molecule has 108 valence electrons. The molecule has 0 aliphatic carbocycles. The monoisotopic (exact) mass is 277 g/mol. The number of ether oxygens (including phenoxy) is 1. The van der Waals surface area contributed by atoms with E-state index in [2.05, 4.69) is 10.4 Å². The lowest BCUT2D eigenvalue weighted by Gasteiger charge is -2.05. The maximum absolute atomic E-state index is 11.9. The van der Waals surface area contributed by atoms with E-state index >= 15 is 0 Å². The van der Waals surface area contributed by atoms with E-state index in [4.69, 9.17) is 9.15 Å². The average Bonchev–Trinajstić information content (AvgIpc) is 3.03. The lowest BCUT2D eigenvalue weighted by molar-refractivity contribution is 0.0909. The van der Waals surface area contributed by atoms with Gasteiger partial charge >= 0.3 is 0 Å². The van der Waals surface area contributed by atoms with Gasteiger partial charge in [0.25, 0.3) is 5.91 Å². The van der Waals surface area contributed by atoms with Gasteiger partial charge in [0, 0.05) is 20.2 Å². The highest BCUT2D eigenvalue weighted by Gasteiger charge is 2.10. The lowest BCUT2D eigenvalue weighted by Crippen LogP contribution is -2.27. The molecule has 0 radical (unpaired) electrons. The van der Waals surface area contributed by atoms with Gasteiger partial charge in [-0.2, -0.15) is 5.10 Å². The van der Waals surface area contributed by atoms with Crippen molar-refractivity contribution in [3.05, 3.63) is 41.6 Å².